The van der Waals surface area contributed by atoms with Crippen LogP contribution in [0.25, 0.3) is 0 Å². The van der Waals surface area contributed by atoms with Crippen LogP contribution in [0.15, 0.2) is 41.0 Å². The third-order valence-electron chi connectivity index (χ3n) is 2.76. The summed E-state index contributed by atoms with van der Waals surface area (Å²) in [5.41, 5.74) is 0.578. The lowest BCUT2D eigenvalue weighted by Crippen LogP contribution is -2.27. The molecule has 0 amide bonds. The fraction of sp³-hybridized carbons (Fsp3) is 0.286. The maximum atomic E-state index is 13.6. The van der Waals surface area contributed by atoms with Gasteiger partial charge in [-0.3, -0.25) is 0 Å². The highest BCUT2D eigenvalue weighted by Crippen LogP contribution is 2.17. The molecule has 1 N–H and O–H groups in total. The quantitative estimate of drug-likeness (QED) is 0.892. The molecule has 0 saturated carbocycles. The zero-order valence-corrected chi connectivity index (χ0v) is 10.9. The van der Waals surface area contributed by atoms with Crippen molar-refractivity contribution in [3.05, 3.63) is 58.8 Å². The predicted molar refractivity (Wildman–Crippen MR) is 70.1 cm³/mol. The maximum Gasteiger partial charge on any atom is 0.146 e. The van der Waals surface area contributed by atoms with Gasteiger partial charge >= 0.3 is 0 Å². The lowest BCUT2D eigenvalue weighted by Gasteiger charge is -2.13. The van der Waals surface area contributed by atoms with Crippen molar-refractivity contribution in [3.8, 4) is 0 Å². The Kier molecular flexibility index (Phi) is 4.39. The van der Waals surface area contributed by atoms with E-state index >= 15 is 0 Å². The summed E-state index contributed by atoms with van der Waals surface area (Å²) in [6.07, 6.45) is 2.42. The molecule has 2 aromatic rings. The largest absolute Gasteiger partial charge is 0.469 e. The van der Waals surface area contributed by atoms with Crippen molar-refractivity contribution in [3.63, 3.8) is 0 Å². The van der Waals surface area contributed by atoms with Gasteiger partial charge in [-0.2, -0.15) is 0 Å². The van der Waals surface area contributed by atoms with Crippen LogP contribution in [-0.4, -0.2) is 6.04 Å². The van der Waals surface area contributed by atoms with Crippen LogP contribution in [0.3, 0.4) is 0 Å². The zero-order valence-electron chi connectivity index (χ0n) is 10.1. The van der Waals surface area contributed by atoms with Crippen molar-refractivity contribution >= 4 is 11.6 Å². The fourth-order valence-electron chi connectivity index (χ4n) is 1.77. The Morgan fingerprint density at radius 3 is 2.89 bits per heavy atom. The van der Waals surface area contributed by atoms with E-state index < -0.39 is 0 Å². The third kappa shape index (κ3) is 3.34. The predicted octanol–water partition coefficient (Wildman–Crippen LogP) is 3.79. The van der Waals surface area contributed by atoms with Gasteiger partial charge in [0.2, 0.25) is 0 Å². The normalized spacial score (nSPS) is 12.6. The van der Waals surface area contributed by atoms with Crippen LogP contribution in [-0.2, 0) is 13.0 Å². The van der Waals surface area contributed by atoms with E-state index in [1.807, 2.05) is 19.1 Å². The van der Waals surface area contributed by atoms with Gasteiger partial charge in [0.25, 0.3) is 0 Å². The van der Waals surface area contributed by atoms with Gasteiger partial charge in [-0.15, -0.1) is 0 Å². The first-order chi connectivity index (χ1) is 8.66. The second-order valence-electron chi connectivity index (χ2n) is 4.28. The van der Waals surface area contributed by atoms with Gasteiger partial charge in [0.05, 0.1) is 11.3 Å². The second-order valence-corrected chi connectivity index (χ2v) is 4.69. The van der Waals surface area contributed by atoms with Crippen molar-refractivity contribution in [2.24, 2.45) is 0 Å². The SMILES string of the molecule is CC(Cc1ccco1)NCc1cccc(Cl)c1F. The number of benzene rings is 1. The molecule has 0 radical (unpaired) electrons. The molecule has 1 heterocycles. The molecule has 1 atom stereocenters. The van der Waals surface area contributed by atoms with E-state index in [1.165, 1.54) is 0 Å². The highest BCUT2D eigenvalue weighted by Gasteiger charge is 2.09. The summed E-state index contributed by atoms with van der Waals surface area (Å²) in [6.45, 7) is 2.49. The van der Waals surface area contributed by atoms with Crippen LogP contribution < -0.4 is 5.32 Å². The van der Waals surface area contributed by atoms with Crippen LogP contribution in [0, 0.1) is 5.82 Å². The van der Waals surface area contributed by atoms with Gasteiger partial charge < -0.3 is 9.73 Å². The van der Waals surface area contributed by atoms with Crippen molar-refractivity contribution in [2.45, 2.75) is 25.9 Å². The monoisotopic (exact) mass is 267 g/mol. The minimum absolute atomic E-state index is 0.160. The molecule has 0 aliphatic heterocycles. The number of hydrogen-bond donors (Lipinski definition) is 1. The first kappa shape index (κ1) is 13.1. The van der Waals surface area contributed by atoms with Crippen molar-refractivity contribution in [1.29, 1.82) is 0 Å². The summed E-state index contributed by atoms with van der Waals surface area (Å²) >= 11 is 5.73. The molecule has 0 spiro atoms. The average Bonchev–Trinajstić information content (AvgIpc) is 2.84. The van der Waals surface area contributed by atoms with Crippen LogP contribution in [0.2, 0.25) is 5.02 Å². The molecule has 1 unspecified atom stereocenters. The summed E-state index contributed by atoms with van der Waals surface area (Å²) in [5.74, 6) is 0.568. The van der Waals surface area contributed by atoms with Gasteiger partial charge in [0.1, 0.15) is 11.6 Å². The minimum atomic E-state index is -0.350. The lowest BCUT2D eigenvalue weighted by molar-refractivity contribution is 0.453. The molecular formula is C14H15ClFNO. The van der Waals surface area contributed by atoms with Crippen LogP contribution >= 0.6 is 11.6 Å². The van der Waals surface area contributed by atoms with E-state index in [2.05, 4.69) is 5.32 Å². The van der Waals surface area contributed by atoms with Gasteiger partial charge in [0.15, 0.2) is 0 Å². The molecule has 18 heavy (non-hydrogen) atoms. The Balaban J connectivity index is 1.89. The molecule has 0 bridgehead atoms. The van der Waals surface area contributed by atoms with Crippen LogP contribution in [0.1, 0.15) is 18.2 Å². The van der Waals surface area contributed by atoms with E-state index in [9.17, 15) is 4.39 Å². The molecule has 2 rings (SSSR count). The second kappa shape index (κ2) is 6.03. The van der Waals surface area contributed by atoms with E-state index in [0.29, 0.717) is 12.1 Å². The fourth-order valence-corrected chi connectivity index (χ4v) is 1.97. The molecule has 1 aromatic heterocycles. The summed E-state index contributed by atoms with van der Waals surface area (Å²) in [7, 11) is 0. The van der Waals surface area contributed by atoms with Crippen LogP contribution in [0.4, 0.5) is 4.39 Å². The van der Waals surface area contributed by atoms with E-state index in [1.54, 1.807) is 24.5 Å². The van der Waals surface area contributed by atoms with Crippen LogP contribution in [0.5, 0.6) is 0 Å². The Labute approximate surface area is 111 Å². The number of nitrogens with one attached hydrogen (secondary N) is 1. The Morgan fingerprint density at radius 2 is 2.17 bits per heavy atom. The average molecular weight is 268 g/mol. The van der Waals surface area contributed by atoms with Crippen molar-refractivity contribution in [2.75, 3.05) is 0 Å². The van der Waals surface area contributed by atoms with E-state index in [0.717, 1.165) is 12.2 Å². The van der Waals surface area contributed by atoms with Crippen molar-refractivity contribution in [1.82, 2.24) is 5.32 Å². The number of furan rings is 1. The summed E-state index contributed by atoms with van der Waals surface area (Å²) in [5, 5.41) is 3.41. The molecule has 4 heteroatoms. The Morgan fingerprint density at radius 1 is 1.33 bits per heavy atom. The first-order valence-corrected chi connectivity index (χ1v) is 6.23. The first-order valence-electron chi connectivity index (χ1n) is 5.85. The van der Waals surface area contributed by atoms with E-state index in [4.69, 9.17) is 16.0 Å². The van der Waals surface area contributed by atoms with Crippen molar-refractivity contribution < 1.29 is 8.81 Å². The zero-order chi connectivity index (χ0) is 13.0. The number of halogens is 2. The highest BCUT2D eigenvalue weighted by molar-refractivity contribution is 6.30. The smallest absolute Gasteiger partial charge is 0.146 e. The van der Waals surface area contributed by atoms with Gasteiger partial charge in [-0.05, 0) is 25.1 Å². The summed E-state index contributed by atoms with van der Waals surface area (Å²) < 4.78 is 18.9. The Bertz CT molecular complexity index is 499. The molecule has 0 saturated heterocycles. The number of rotatable bonds is 5. The topological polar surface area (TPSA) is 25.2 Å². The highest BCUT2D eigenvalue weighted by atomic mass is 35.5. The van der Waals surface area contributed by atoms with Gasteiger partial charge in [-0.1, -0.05) is 23.7 Å². The summed E-state index contributed by atoms with van der Waals surface area (Å²) in [4.78, 5) is 0. The molecule has 2 nitrogen and oxygen atoms in total. The molecule has 1 aromatic carbocycles. The lowest BCUT2D eigenvalue weighted by atomic mass is 10.1. The Hall–Kier alpha value is -1.32. The van der Waals surface area contributed by atoms with Gasteiger partial charge in [0, 0.05) is 24.6 Å². The maximum absolute atomic E-state index is 13.6. The summed E-state index contributed by atoms with van der Waals surface area (Å²) in [6, 6.07) is 9.02. The van der Waals surface area contributed by atoms with E-state index in [-0.39, 0.29) is 16.9 Å². The standard InChI is InChI=1S/C14H15ClFNO/c1-10(8-12-5-3-7-18-12)17-9-11-4-2-6-13(15)14(11)16/h2-7,10,17H,8-9H2,1H3. The molecule has 0 fully saturated rings. The number of hydrogen-bond acceptors (Lipinski definition) is 2. The molecule has 0 aliphatic rings. The molecule has 0 aliphatic carbocycles. The molecule has 96 valence electrons. The van der Waals surface area contributed by atoms with Gasteiger partial charge in [-0.25, -0.2) is 4.39 Å². The minimum Gasteiger partial charge on any atom is -0.469 e. The third-order valence-corrected chi connectivity index (χ3v) is 3.05. The molecular weight excluding hydrogens is 253 g/mol.